The Balaban J connectivity index is 1.98. The van der Waals surface area contributed by atoms with Crippen molar-refractivity contribution in [3.8, 4) is 0 Å². The monoisotopic (exact) mass is 292 g/mol. The molecule has 0 bridgehead atoms. The van der Waals surface area contributed by atoms with Crippen molar-refractivity contribution in [1.82, 2.24) is 14.9 Å². The van der Waals surface area contributed by atoms with Crippen LogP contribution in [-0.4, -0.2) is 22.0 Å². The lowest BCUT2D eigenvalue weighted by atomic mass is 10.3. The van der Waals surface area contributed by atoms with Crippen LogP contribution in [0.2, 0.25) is 5.02 Å². The van der Waals surface area contributed by atoms with Gasteiger partial charge < -0.3 is 15.2 Å². The molecule has 1 aromatic carbocycles. The van der Waals surface area contributed by atoms with Gasteiger partial charge >= 0.3 is 0 Å². The zero-order valence-corrected chi connectivity index (χ0v) is 12.0. The number of para-hydroxylation sites is 1. The Kier molecular flexibility index (Phi) is 5.15. The maximum atomic E-state index is 12.0. The maximum Gasteiger partial charge on any atom is 0.244 e. The summed E-state index contributed by atoms with van der Waals surface area (Å²) in [5.41, 5.74) is 0.618. The summed E-state index contributed by atoms with van der Waals surface area (Å²) in [5, 5.41) is 6.51. The third-order valence-corrected chi connectivity index (χ3v) is 3.13. The van der Waals surface area contributed by atoms with Gasteiger partial charge in [0.2, 0.25) is 5.91 Å². The van der Waals surface area contributed by atoms with E-state index in [1.807, 2.05) is 23.6 Å². The van der Waals surface area contributed by atoms with Gasteiger partial charge in [-0.25, -0.2) is 4.98 Å². The molecule has 2 rings (SSSR count). The van der Waals surface area contributed by atoms with Gasteiger partial charge in [0.1, 0.15) is 12.4 Å². The normalized spacial score (nSPS) is 10.5. The predicted octanol–water partition coefficient (Wildman–Crippen LogP) is 2.28. The predicted molar refractivity (Wildman–Crippen MR) is 79.7 cm³/mol. The van der Waals surface area contributed by atoms with Crippen LogP contribution in [0.1, 0.15) is 12.7 Å². The third kappa shape index (κ3) is 3.82. The molecule has 0 unspecified atom stereocenters. The van der Waals surface area contributed by atoms with Gasteiger partial charge in [0.25, 0.3) is 0 Å². The second-order valence-corrected chi connectivity index (χ2v) is 4.69. The van der Waals surface area contributed by atoms with Crippen molar-refractivity contribution in [3.63, 3.8) is 0 Å². The maximum absolute atomic E-state index is 12.0. The Labute approximate surface area is 123 Å². The number of hydrogen-bond acceptors (Lipinski definition) is 3. The summed E-state index contributed by atoms with van der Waals surface area (Å²) in [4.78, 5) is 16.2. The molecule has 0 fully saturated rings. The first kappa shape index (κ1) is 14.6. The van der Waals surface area contributed by atoms with Crippen LogP contribution in [0, 0.1) is 0 Å². The molecule has 20 heavy (non-hydrogen) atoms. The highest BCUT2D eigenvalue weighted by atomic mass is 35.5. The van der Waals surface area contributed by atoms with E-state index in [2.05, 4.69) is 15.6 Å². The molecule has 0 atom stereocenters. The molecule has 0 aliphatic carbocycles. The quantitative estimate of drug-likeness (QED) is 0.859. The fraction of sp³-hybridized carbons (Fsp3) is 0.286. The van der Waals surface area contributed by atoms with Gasteiger partial charge in [0, 0.05) is 12.4 Å². The minimum absolute atomic E-state index is 0.131. The molecule has 0 aliphatic rings. The van der Waals surface area contributed by atoms with Crippen molar-refractivity contribution >= 4 is 23.2 Å². The Morgan fingerprint density at radius 2 is 2.20 bits per heavy atom. The highest BCUT2D eigenvalue weighted by Crippen LogP contribution is 2.20. The fourth-order valence-corrected chi connectivity index (χ4v) is 1.98. The first-order chi connectivity index (χ1) is 9.70. The number of nitrogens with one attached hydrogen (secondary N) is 2. The minimum atomic E-state index is -0.131. The van der Waals surface area contributed by atoms with E-state index in [9.17, 15) is 4.79 Å². The van der Waals surface area contributed by atoms with Gasteiger partial charge in [-0.1, -0.05) is 30.7 Å². The minimum Gasteiger partial charge on any atom is -0.324 e. The van der Waals surface area contributed by atoms with E-state index in [1.54, 1.807) is 24.5 Å². The summed E-state index contributed by atoms with van der Waals surface area (Å²) in [7, 11) is 0. The standard InChI is InChI=1S/C14H17ClN4O/c1-2-16-9-13-17-7-8-19(13)10-14(20)18-12-6-4-3-5-11(12)15/h3-8,16H,2,9-10H2,1H3,(H,18,20). The van der Waals surface area contributed by atoms with Crippen LogP contribution >= 0.6 is 11.6 Å². The van der Waals surface area contributed by atoms with Crippen LogP contribution in [0.4, 0.5) is 5.69 Å². The number of carbonyl (C=O) groups is 1. The molecule has 6 heteroatoms. The molecule has 0 spiro atoms. The average molecular weight is 293 g/mol. The summed E-state index contributed by atoms with van der Waals surface area (Å²) < 4.78 is 1.81. The van der Waals surface area contributed by atoms with E-state index >= 15 is 0 Å². The molecule has 5 nitrogen and oxygen atoms in total. The summed E-state index contributed by atoms with van der Waals surface area (Å²) in [6.07, 6.45) is 3.48. The molecule has 1 heterocycles. The number of imidazole rings is 1. The van der Waals surface area contributed by atoms with Gasteiger partial charge in [-0.2, -0.15) is 0 Å². The van der Waals surface area contributed by atoms with Gasteiger partial charge in [0.05, 0.1) is 17.3 Å². The van der Waals surface area contributed by atoms with Crippen LogP contribution in [0.15, 0.2) is 36.7 Å². The molecular formula is C14H17ClN4O. The van der Waals surface area contributed by atoms with Crippen molar-refractivity contribution in [2.45, 2.75) is 20.0 Å². The third-order valence-electron chi connectivity index (χ3n) is 2.80. The number of carbonyl (C=O) groups excluding carboxylic acids is 1. The average Bonchev–Trinajstić information content (AvgIpc) is 2.86. The van der Waals surface area contributed by atoms with E-state index < -0.39 is 0 Å². The largest absolute Gasteiger partial charge is 0.324 e. The van der Waals surface area contributed by atoms with Crippen molar-refractivity contribution < 1.29 is 4.79 Å². The lowest BCUT2D eigenvalue weighted by molar-refractivity contribution is -0.116. The van der Waals surface area contributed by atoms with Crippen LogP contribution < -0.4 is 10.6 Å². The Morgan fingerprint density at radius 1 is 1.40 bits per heavy atom. The topological polar surface area (TPSA) is 59.0 Å². The summed E-state index contributed by atoms with van der Waals surface area (Å²) in [6, 6.07) is 7.16. The summed E-state index contributed by atoms with van der Waals surface area (Å²) in [5.74, 6) is 0.704. The molecule has 2 N–H and O–H groups in total. The summed E-state index contributed by atoms with van der Waals surface area (Å²) >= 11 is 6.01. The SMILES string of the molecule is CCNCc1nccn1CC(=O)Nc1ccccc1Cl. The number of anilines is 1. The number of benzene rings is 1. The number of rotatable bonds is 6. The van der Waals surface area contributed by atoms with E-state index in [0.29, 0.717) is 17.3 Å². The fourth-order valence-electron chi connectivity index (χ4n) is 1.80. The second-order valence-electron chi connectivity index (χ2n) is 4.28. The molecule has 0 radical (unpaired) electrons. The van der Waals surface area contributed by atoms with E-state index in [1.165, 1.54) is 0 Å². The first-order valence-electron chi connectivity index (χ1n) is 6.45. The Bertz CT molecular complexity index is 582. The number of hydrogen-bond donors (Lipinski definition) is 2. The lowest BCUT2D eigenvalue weighted by Gasteiger charge is -2.10. The van der Waals surface area contributed by atoms with Crippen molar-refractivity contribution in [2.75, 3.05) is 11.9 Å². The number of halogens is 1. The molecule has 106 valence electrons. The molecule has 1 amide bonds. The number of aromatic nitrogens is 2. The van der Waals surface area contributed by atoms with Crippen LogP contribution in [0.3, 0.4) is 0 Å². The molecule has 0 aliphatic heterocycles. The van der Waals surface area contributed by atoms with Gasteiger partial charge in [-0.15, -0.1) is 0 Å². The first-order valence-corrected chi connectivity index (χ1v) is 6.83. The van der Waals surface area contributed by atoms with E-state index in [0.717, 1.165) is 12.4 Å². The lowest BCUT2D eigenvalue weighted by Crippen LogP contribution is -2.22. The highest BCUT2D eigenvalue weighted by Gasteiger charge is 2.09. The van der Waals surface area contributed by atoms with Crippen molar-refractivity contribution in [3.05, 3.63) is 47.5 Å². The Morgan fingerprint density at radius 3 is 2.95 bits per heavy atom. The van der Waals surface area contributed by atoms with E-state index in [4.69, 9.17) is 11.6 Å². The van der Waals surface area contributed by atoms with Crippen molar-refractivity contribution in [2.24, 2.45) is 0 Å². The van der Waals surface area contributed by atoms with Gasteiger partial charge in [-0.05, 0) is 18.7 Å². The molecule has 1 aromatic heterocycles. The van der Waals surface area contributed by atoms with Crippen LogP contribution in [0.25, 0.3) is 0 Å². The molecule has 0 saturated heterocycles. The van der Waals surface area contributed by atoms with Crippen LogP contribution in [0.5, 0.6) is 0 Å². The Hall–Kier alpha value is -1.85. The smallest absolute Gasteiger partial charge is 0.244 e. The van der Waals surface area contributed by atoms with Gasteiger partial charge in [-0.3, -0.25) is 4.79 Å². The second kappa shape index (κ2) is 7.07. The van der Waals surface area contributed by atoms with Crippen LogP contribution in [-0.2, 0) is 17.9 Å². The molecule has 0 saturated carbocycles. The number of nitrogens with zero attached hydrogens (tertiary/aromatic N) is 2. The summed E-state index contributed by atoms with van der Waals surface area (Å²) in [6.45, 7) is 3.74. The number of amides is 1. The van der Waals surface area contributed by atoms with Crippen molar-refractivity contribution in [1.29, 1.82) is 0 Å². The van der Waals surface area contributed by atoms with E-state index in [-0.39, 0.29) is 12.5 Å². The highest BCUT2D eigenvalue weighted by molar-refractivity contribution is 6.33. The zero-order valence-electron chi connectivity index (χ0n) is 11.3. The molecular weight excluding hydrogens is 276 g/mol. The molecule has 2 aromatic rings. The van der Waals surface area contributed by atoms with Gasteiger partial charge in [0.15, 0.2) is 0 Å². The zero-order chi connectivity index (χ0) is 14.4.